The van der Waals surface area contributed by atoms with Crippen LogP contribution in [0.2, 0.25) is 0 Å². The Morgan fingerprint density at radius 3 is 1.74 bits per heavy atom. The molecule has 310 valence electrons. The number of unbranched alkanes of at least 4 members (excludes halogenated alkanes) is 18. The molecule has 0 atom stereocenters. The summed E-state index contributed by atoms with van der Waals surface area (Å²) in [6, 6.07) is 14.7. The van der Waals surface area contributed by atoms with Crippen molar-refractivity contribution in [2.75, 3.05) is 5.32 Å². The molecule has 0 fully saturated rings. The van der Waals surface area contributed by atoms with Crippen molar-refractivity contribution in [3.8, 4) is 5.75 Å². The number of hydrogen-bond donors (Lipinski definition) is 1. The van der Waals surface area contributed by atoms with Crippen molar-refractivity contribution in [2.24, 2.45) is 0 Å². The summed E-state index contributed by atoms with van der Waals surface area (Å²) >= 11 is 0. The van der Waals surface area contributed by atoms with Gasteiger partial charge in [-0.1, -0.05) is 157 Å². The smallest absolute Gasteiger partial charge is 0.374 e. The van der Waals surface area contributed by atoms with Crippen molar-refractivity contribution >= 4 is 22.9 Å². The van der Waals surface area contributed by atoms with Crippen LogP contribution in [-0.4, -0.2) is 0 Å². The zero-order valence-electron chi connectivity index (χ0n) is 36.0. The molecule has 0 saturated carbocycles. The summed E-state index contributed by atoms with van der Waals surface area (Å²) in [5.74, 6) is 2.50. The fourth-order valence-corrected chi connectivity index (χ4v) is 7.57. The van der Waals surface area contributed by atoms with Gasteiger partial charge in [0, 0.05) is 12.0 Å². The van der Waals surface area contributed by atoms with E-state index in [0.29, 0.717) is 0 Å². The first-order valence-corrected chi connectivity index (χ1v) is 23.3. The third-order valence-corrected chi connectivity index (χ3v) is 10.9. The topological polar surface area (TPSA) is 38.3 Å². The average molecular weight is 774 g/mol. The lowest BCUT2D eigenvalue weighted by atomic mass is 10.0. The number of rotatable bonds is 32. The second-order valence-corrected chi connectivity index (χ2v) is 15.9. The Morgan fingerprint density at radius 1 is 0.561 bits per heavy atom. The van der Waals surface area contributed by atoms with Crippen LogP contribution in [-0.2, 0) is 13.0 Å². The molecule has 4 nitrogen and oxygen atoms in total. The molecule has 0 unspecified atom stereocenters. The maximum atomic E-state index is 6.54. The predicted molar refractivity (Wildman–Crippen MR) is 247 cm³/mol. The third-order valence-electron chi connectivity index (χ3n) is 10.9. The van der Waals surface area contributed by atoms with Gasteiger partial charge in [-0.15, -0.1) is 0 Å². The van der Waals surface area contributed by atoms with Crippen molar-refractivity contribution in [2.45, 2.75) is 181 Å². The molecule has 3 aromatic rings. The number of fused-ring (bicyclic) bond motifs is 2. The van der Waals surface area contributed by atoms with Crippen molar-refractivity contribution in [3.05, 3.63) is 121 Å². The highest BCUT2D eigenvalue weighted by Gasteiger charge is 2.23. The molecule has 1 N–H and O–H groups in total. The minimum absolute atomic E-state index is 0.735. The van der Waals surface area contributed by atoms with Crippen LogP contribution in [0.1, 0.15) is 179 Å². The van der Waals surface area contributed by atoms with Gasteiger partial charge in [-0.2, -0.15) is 4.57 Å². The second kappa shape index (κ2) is 30.1. The summed E-state index contributed by atoms with van der Waals surface area (Å²) in [4.78, 5) is 0. The number of nitrogens with one attached hydrogen (secondary N) is 1. The number of hydrogen-bond acceptors (Lipinski definition) is 3. The van der Waals surface area contributed by atoms with Gasteiger partial charge in [0.1, 0.15) is 0 Å². The van der Waals surface area contributed by atoms with Gasteiger partial charge < -0.3 is 14.5 Å². The maximum absolute atomic E-state index is 6.54. The van der Waals surface area contributed by atoms with Gasteiger partial charge in [0.2, 0.25) is 5.58 Å². The minimum Gasteiger partial charge on any atom is -0.439 e. The van der Waals surface area contributed by atoms with Crippen LogP contribution in [0.3, 0.4) is 0 Å². The molecule has 1 aliphatic heterocycles. The first kappa shape index (κ1) is 45.6. The van der Waals surface area contributed by atoms with Gasteiger partial charge in [0.25, 0.3) is 5.52 Å². The van der Waals surface area contributed by atoms with Crippen LogP contribution in [0.25, 0.3) is 17.2 Å². The quantitative estimate of drug-likeness (QED) is 0.0390. The van der Waals surface area contributed by atoms with Crippen LogP contribution in [0, 0.1) is 0 Å². The van der Waals surface area contributed by atoms with Gasteiger partial charge in [-0.3, -0.25) is 0 Å². The number of allylic oxidation sites excluding steroid dienone is 10. The molecule has 0 bridgehead atoms. The number of anilines is 1. The van der Waals surface area contributed by atoms with Gasteiger partial charge >= 0.3 is 5.89 Å². The Bertz CT molecular complexity index is 1660. The predicted octanol–water partition coefficient (Wildman–Crippen LogP) is 16.2. The molecule has 2 aromatic carbocycles. The highest BCUT2D eigenvalue weighted by molar-refractivity contribution is 5.74. The molecular weight excluding hydrogens is 697 g/mol. The molecular formula is C53H77N2O2+. The summed E-state index contributed by atoms with van der Waals surface area (Å²) < 4.78 is 15.0. The number of para-hydroxylation sites is 3. The lowest BCUT2D eigenvalue weighted by Crippen LogP contribution is -2.36. The van der Waals surface area contributed by atoms with Crippen LogP contribution in [0.5, 0.6) is 5.75 Å². The first-order chi connectivity index (χ1) is 28.3. The second-order valence-electron chi connectivity index (χ2n) is 15.9. The number of nitrogens with zero attached hydrogens (tertiary/aromatic N) is 1. The molecule has 57 heavy (non-hydrogen) atoms. The van der Waals surface area contributed by atoms with Gasteiger partial charge in [0.15, 0.2) is 18.2 Å². The van der Waals surface area contributed by atoms with Crippen LogP contribution < -0.4 is 14.6 Å². The van der Waals surface area contributed by atoms with Crippen LogP contribution in [0.15, 0.2) is 114 Å². The SMILES string of the molecule is CCCCC/C=C\C/C=C\CCCCCCCCc1cccc2oc(C=CC=C3Nc4ccccc4O3)[n+](CCCCCCCC/C=C\C/C=C\CCCCC)c12. The van der Waals surface area contributed by atoms with Crippen molar-refractivity contribution in [1.29, 1.82) is 0 Å². The standard InChI is InChI=1S/C53H76N2O2/c1-3-5-7-9-11-13-15-17-19-21-23-25-27-29-31-33-39-47-40-37-43-50-53(47)55(52(57-50)45-38-44-51-54-48-41-34-35-42-49(48)56-51)46-36-32-30-28-26-24-22-20-18-16-14-12-10-8-6-4-2/h11-14,17-20,34-35,37-38,40-45H,3-10,15-16,21-33,36,39,46H2,1-2H3/p+1/b13-11-,14-12-,19-17-,20-18-. The highest BCUT2D eigenvalue weighted by atomic mass is 16.5. The number of benzene rings is 2. The Balaban J connectivity index is 1.21. The Morgan fingerprint density at radius 2 is 1.12 bits per heavy atom. The number of aromatic nitrogens is 1. The number of oxazole rings is 1. The van der Waals surface area contributed by atoms with Gasteiger partial charge in [0.05, 0.1) is 11.8 Å². The van der Waals surface area contributed by atoms with E-state index in [4.69, 9.17) is 9.15 Å². The summed E-state index contributed by atoms with van der Waals surface area (Å²) in [6.07, 6.45) is 56.5. The summed E-state index contributed by atoms with van der Waals surface area (Å²) in [6.45, 7) is 5.50. The van der Waals surface area contributed by atoms with Crippen LogP contribution in [0.4, 0.5) is 5.69 Å². The highest BCUT2D eigenvalue weighted by Crippen LogP contribution is 2.32. The minimum atomic E-state index is 0.735. The van der Waals surface area contributed by atoms with E-state index in [1.54, 1.807) is 0 Å². The molecule has 0 amide bonds. The van der Waals surface area contributed by atoms with Crippen molar-refractivity contribution in [3.63, 3.8) is 0 Å². The average Bonchev–Trinajstić information content (AvgIpc) is 3.81. The Kier molecular flexibility index (Phi) is 24.1. The molecule has 0 radical (unpaired) electrons. The normalized spacial score (nSPS) is 13.8. The molecule has 1 aromatic heterocycles. The lowest BCUT2D eigenvalue weighted by Gasteiger charge is -2.04. The zero-order chi connectivity index (χ0) is 39.9. The molecule has 1 aliphatic rings. The number of aryl methyl sites for hydroxylation is 2. The van der Waals surface area contributed by atoms with E-state index in [1.807, 2.05) is 36.4 Å². The van der Waals surface area contributed by atoms with E-state index in [0.717, 1.165) is 61.0 Å². The zero-order valence-corrected chi connectivity index (χ0v) is 36.0. The monoisotopic (exact) mass is 774 g/mol. The van der Waals surface area contributed by atoms with Crippen molar-refractivity contribution < 1.29 is 13.7 Å². The van der Waals surface area contributed by atoms with E-state index >= 15 is 0 Å². The van der Waals surface area contributed by atoms with Crippen LogP contribution >= 0.6 is 0 Å². The molecule has 4 rings (SSSR count). The summed E-state index contributed by atoms with van der Waals surface area (Å²) in [5, 5.41) is 3.36. The fourth-order valence-electron chi connectivity index (χ4n) is 7.57. The van der Waals surface area contributed by atoms with E-state index in [2.05, 4.69) is 96.6 Å². The molecule has 0 saturated heterocycles. The molecule has 2 heterocycles. The van der Waals surface area contributed by atoms with Crippen molar-refractivity contribution in [1.82, 2.24) is 0 Å². The maximum Gasteiger partial charge on any atom is 0.374 e. The molecule has 0 spiro atoms. The molecule has 4 heteroatoms. The largest absolute Gasteiger partial charge is 0.439 e. The summed E-state index contributed by atoms with van der Waals surface area (Å²) in [7, 11) is 0. The van der Waals surface area contributed by atoms with E-state index in [-0.39, 0.29) is 0 Å². The van der Waals surface area contributed by atoms with Gasteiger partial charge in [-0.25, -0.2) is 0 Å². The lowest BCUT2D eigenvalue weighted by molar-refractivity contribution is -0.678. The Labute approximate surface area is 348 Å². The third kappa shape index (κ3) is 18.8. The van der Waals surface area contributed by atoms with Gasteiger partial charge in [-0.05, 0) is 114 Å². The molecule has 0 aliphatic carbocycles. The van der Waals surface area contributed by atoms with E-state index < -0.39 is 0 Å². The van der Waals surface area contributed by atoms with E-state index in [9.17, 15) is 0 Å². The summed E-state index contributed by atoms with van der Waals surface area (Å²) in [5.41, 5.74) is 4.68. The fraction of sp³-hybridized carbons (Fsp3) is 0.528. The Hall–Kier alpha value is -4.05. The first-order valence-electron chi connectivity index (χ1n) is 23.3. The van der Waals surface area contributed by atoms with E-state index in [1.165, 1.54) is 146 Å². The number of ether oxygens (including phenoxy) is 1.